The first-order chi connectivity index (χ1) is 14.1. The van der Waals surface area contributed by atoms with E-state index in [1.54, 1.807) is 13.0 Å². The van der Waals surface area contributed by atoms with Gasteiger partial charge in [-0.3, -0.25) is 4.79 Å². The van der Waals surface area contributed by atoms with E-state index >= 15 is 0 Å². The molecule has 0 unspecified atom stereocenters. The van der Waals surface area contributed by atoms with Gasteiger partial charge in [-0.15, -0.1) is 0 Å². The molecule has 1 atom stereocenters. The average Bonchev–Trinajstić information content (AvgIpc) is 3.18. The van der Waals surface area contributed by atoms with Gasteiger partial charge in [-0.1, -0.05) is 23.2 Å². The third kappa shape index (κ3) is 5.59. The molecule has 0 spiro atoms. The maximum atomic E-state index is 11.9. The first-order valence-corrected chi connectivity index (χ1v) is 11.4. The lowest BCUT2D eigenvalue weighted by molar-refractivity contribution is -0.142. The Morgan fingerprint density at radius 1 is 1.37 bits per heavy atom. The normalized spacial score (nSPS) is 17.9. The van der Waals surface area contributed by atoms with Gasteiger partial charge in [0.2, 0.25) is 0 Å². The number of carbonyl (C=O) groups is 2. The number of amides is 1. The second-order valence-electron chi connectivity index (χ2n) is 6.64. The maximum absolute atomic E-state index is 11.9. The van der Waals surface area contributed by atoms with Crippen LogP contribution in [-0.2, 0) is 24.2 Å². The van der Waals surface area contributed by atoms with E-state index in [1.807, 2.05) is 0 Å². The van der Waals surface area contributed by atoms with Gasteiger partial charge in [-0.25, -0.2) is 22.9 Å². The van der Waals surface area contributed by atoms with Crippen LogP contribution in [0.3, 0.4) is 0 Å². The summed E-state index contributed by atoms with van der Waals surface area (Å²) < 4.78 is 29.7. The molecular formula is C18H18Cl2N4O5S. The average molecular weight is 473 g/mol. The molecule has 1 aliphatic rings. The van der Waals surface area contributed by atoms with Crippen molar-refractivity contribution in [3.05, 3.63) is 45.8 Å². The molecule has 1 saturated heterocycles. The number of rotatable bonds is 6. The van der Waals surface area contributed by atoms with Gasteiger partial charge in [-0.2, -0.15) is 5.10 Å². The number of sulfone groups is 1. The molecule has 2 aromatic heterocycles. The van der Waals surface area contributed by atoms with Gasteiger partial charge in [0.1, 0.15) is 11.0 Å². The van der Waals surface area contributed by atoms with Crippen molar-refractivity contribution in [1.82, 2.24) is 14.8 Å². The van der Waals surface area contributed by atoms with Crippen LogP contribution in [0.25, 0.3) is 6.08 Å². The van der Waals surface area contributed by atoms with Crippen molar-refractivity contribution in [3.8, 4) is 0 Å². The van der Waals surface area contributed by atoms with Gasteiger partial charge in [0.15, 0.2) is 16.4 Å². The van der Waals surface area contributed by atoms with E-state index in [-0.39, 0.29) is 28.5 Å². The van der Waals surface area contributed by atoms with E-state index in [2.05, 4.69) is 15.4 Å². The molecule has 0 radical (unpaired) electrons. The fourth-order valence-corrected chi connectivity index (χ4v) is 5.08. The van der Waals surface area contributed by atoms with Crippen molar-refractivity contribution in [3.63, 3.8) is 0 Å². The van der Waals surface area contributed by atoms with Crippen molar-refractivity contribution in [2.45, 2.75) is 19.4 Å². The molecule has 9 nitrogen and oxygen atoms in total. The molecule has 3 rings (SSSR count). The molecule has 2 aromatic rings. The second-order valence-corrected chi connectivity index (χ2v) is 9.67. The number of pyridine rings is 1. The standard InChI is InChI=1S/C18H18Cl2N4O5S/c1-11-14(18(20)24(23-11)13-6-7-30(27,28)10-13)3-5-17(26)29-9-16(25)22-15-4-2-12(19)8-21-15/h2-5,8,13H,6-7,9-10H2,1H3,(H,21,22,25)/b5-3+/t13-/m1/s1. The first kappa shape index (κ1) is 22.3. The lowest BCUT2D eigenvalue weighted by Crippen LogP contribution is -2.20. The third-order valence-corrected chi connectivity index (χ3v) is 6.70. The summed E-state index contributed by atoms with van der Waals surface area (Å²) in [6, 6.07) is 2.74. The second kappa shape index (κ2) is 9.15. The molecule has 0 saturated carbocycles. The van der Waals surface area contributed by atoms with E-state index in [4.69, 9.17) is 27.9 Å². The lowest BCUT2D eigenvalue weighted by atomic mass is 10.2. The molecule has 3 heterocycles. The number of carbonyl (C=O) groups excluding carboxylic acids is 2. The van der Waals surface area contributed by atoms with Gasteiger partial charge in [0.25, 0.3) is 5.91 Å². The predicted molar refractivity (Wildman–Crippen MR) is 112 cm³/mol. The topological polar surface area (TPSA) is 120 Å². The van der Waals surface area contributed by atoms with Crippen LogP contribution in [0, 0.1) is 6.92 Å². The van der Waals surface area contributed by atoms with Crippen LogP contribution < -0.4 is 5.32 Å². The Hall–Kier alpha value is -2.43. The van der Waals surface area contributed by atoms with Gasteiger partial charge in [0.05, 0.1) is 28.3 Å². The SMILES string of the molecule is Cc1nn([C@@H]2CCS(=O)(=O)C2)c(Cl)c1/C=C/C(=O)OCC(=O)Nc1ccc(Cl)cn1. The van der Waals surface area contributed by atoms with Crippen molar-refractivity contribution >= 4 is 56.8 Å². The number of halogens is 2. The van der Waals surface area contributed by atoms with Crippen LogP contribution in [-0.4, -0.2) is 53.2 Å². The molecule has 0 aliphatic carbocycles. The van der Waals surface area contributed by atoms with E-state index < -0.39 is 28.3 Å². The molecule has 1 fully saturated rings. The summed E-state index contributed by atoms with van der Waals surface area (Å²) >= 11 is 12.1. The van der Waals surface area contributed by atoms with E-state index in [0.29, 0.717) is 22.7 Å². The first-order valence-electron chi connectivity index (χ1n) is 8.86. The number of hydrogen-bond acceptors (Lipinski definition) is 7. The molecular weight excluding hydrogens is 455 g/mol. The smallest absolute Gasteiger partial charge is 0.331 e. The molecule has 1 N–H and O–H groups in total. The minimum Gasteiger partial charge on any atom is -0.452 e. The summed E-state index contributed by atoms with van der Waals surface area (Å²) in [4.78, 5) is 27.6. The number of ether oxygens (including phenoxy) is 1. The van der Waals surface area contributed by atoms with Crippen molar-refractivity contribution in [2.24, 2.45) is 0 Å². The lowest BCUT2D eigenvalue weighted by Gasteiger charge is -2.09. The molecule has 12 heteroatoms. The van der Waals surface area contributed by atoms with Crippen molar-refractivity contribution in [1.29, 1.82) is 0 Å². The Bertz CT molecular complexity index is 1100. The van der Waals surface area contributed by atoms with Gasteiger partial charge in [0, 0.05) is 17.8 Å². The van der Waals surface area contributed by atoms with E-state index in [9.17, 15) is 18.0 Å². The number of anilines is 1. The molecule has 0 bridgehead atoms. The minimum atomic E-state index is -3.09. The van der Waals surface area contributed by atoms with Crippen molar-refractivity contribution < 1.29 is 22.7 Å². The Kier molecular flexibility index (Phi) is 6.79. The van der Waals surface area contributed by atoms with E-state index in [0.717, 1.165) is 6.08 Å². The Balaban J connectivity index is 1.57. The number of hydrogen-bond donors (Lipinski definition) is 1. The summed E-state index contributed by atoms with van der Waals surface area (Å²) in [6.07, 6.45) is 4.36. The fourth-order valence-electron chi connectivity index (χ4n) is 2.90. The number of aryl methyl sites for hydroxylation is 1. The highest BCUT2D eigenvalue weighted by Crippen LogP contribution is 2.30. The molecule has 30 heavy (non-hydrogen) atoms. The Morgan fingerprint density at radius 3 is 2.77 bits per heavy atom. The molecule has 160 valence electrons. The minimum absolute atomic E-state index is 0.0172. The fraction of sp³-hybridized carbons (Fsp3) is 0.333. The number of esters is 1. The Labute approximate surface area is 182 Å². The van der Waals surface area contributed by atoms with Crippen LogP contribution in [0.1, 0.15) is 23.7 Å². The summed E-state index contributed by atoms with van der Waals surface area (Å²) in [6.45, 7) is 1.20. The van der Waals surface area contributed by atoms with Gasteiger partial charge >= 0.3 is 5.97 Å². The van der Waals surface area contributed by atoms with Crippen molar-refractivity contribution in [2.75, 3.05) is 23.4 Å². The van der Waals surface area contributed by atoms with E-state index in [1.165, 1.54) is 23.0 Å². The number of aromatic nitrogens is 3. The zero-order valence-electron chi connectivity index (χ0n) is 15.8. The largest absolute Gasteiger partial charge is 0.452 e. The highest BCUT2D eigenvalue weighted by atomic mass is 35.5. The zero-order chi connectivity index (χ0) is 21.9. The molecule has 1 amide bonds. The number of nitrogens with zero attached hydrogens (tertiary/aromatic N) is 3. The zero-order valence-corrected chi connectivity index (χ0v) is 18.2. The van der Waals surface area contributed by atoms with Crippen LogP contribution in [0.5, 0.6) is 0 Å². The summed E-state index contributed by atoms with van der Waals surface area (Å²) in [5.74, 6) is -0.953. The van der Waals surface area contributed by atoms with Crippen LogP contribution in [0.15, 0.2) is 24.4 Å². The maximum Gasteiger partial charge on any atom is 0.331 e. The molecule has 1 aliphatic heterocycles. The van der Waals surface area contributed by atoms with Crippen LogP contribution in [0.4, 0.5) is 5.82 Å². The number of nitrogens with one attached hydrogen (secondary N) is 1. The highest BCUT2D eigenvalue weighted by Gasteiger charge is 2.31. The summed E-state index contributed by atoms with van der Waals surface area (Å²) in [7, 11) is -3.09. The van der Waals surface area contributed by atoms with Gasteiger partial charge < -0.3 is 10.1 Å². The van der Waals surface area contributed by atoms with Crippen LogP contribution in [0.2, 0.25) is 10.2 Å². The summed E-state index contributed by atoms with van der Waals surface area (Å²) in [5.41, 5.74) is 1.02. The monoisotopic (exact) mass is 472 g/mol. The quantitative estimate of drug-likeness (QED) is 0.506. The highest BCUT2D eigenvalue weighted by molar-refractivity contribution is 7.91. The molecule has 0 aromatic carbocycles. The third-order valence-electron chi connectivity index (χ3n) is 4.35. The van der Waals surface area contributed by atoms with Gasteiger partial charge in [-0.05, 0) is 31.6 Å². The van der Waals surface area contributed by atoms with Crippen LogP contribution >= 0.6 is 23.2 Å². The Morgan fingerprint density at radius 2 is 2.13 bits per heavy atom. The predicted octanol–water partition coefficient (Wildman–Crippen LogP) is 2.45. The summed E-state index contributed by atoms with van der Waals surface area (Å²) in [5, 5.41) is 7.43.